The van der Waals surface area contributed by atoms with Gasteiger partial charge in [-0.1, -0.05) is 129 Å². The molecular formula is C49H36N2. The van der Waals surface area contributed by atoms with Gasteiger partial charge in [-0.3, -0.25) is 0 Å². The van der Waals surface area contributed by atoms with Gasteiger partial charge in [0, 0.05) is 38.9 Å². The van der Waals surface area contributed by atoms with Gasteiger partial charge in [-0.25, -0.2) is 0 Å². The van der Waals surface area contributed by atoms with Crippen LogP contribution < -0.4 is 4.90 Å². The van der Waals surface area contributed by atoms with Crippen molar-refractivity contribution < 1.29 is 0 Å². The molecule has 2 nitrogen and oxygen atoms in total. The molecule has 0 bridgehead atoms. The summed E-state index contributed by atoms with van der Waals surface area (Å²) in [5.74, 6) is 0. The average Bonchev–Trinajstić information content (AvgIpc) is 3.63. The van der Waals surface area contributed by atoms with E-state index in [2.05, 4.69) is 205 Å². The van der Waals surface area contributed by atoms with Gasteiger partial charge in [-0.15, -0.1) is 0 Å². The molecular weight excluding hydrogens is 617 g/mol. The highest BCUT2D eigenvalue weighted by Gasteiger charge is 2.36. The summed E-state index contributed by atoms with van der Waals surface area (Å²) >= 11 is 0. The molecule has 0 fully saturated rings. The number of hydrogen-bond acceptors (Lipinski definition) is 1. The van der Waals surface area contributed by atoms with E-state index in [1.807, 2.05) is 0 Å². The van der Waals surface area contributed by atoms with Gasteiger partial charge in [0.05, 0.1) is 11.0 Å². The van der Waals surface area contributed by atoms with E-state index in [-0.39, 0.29) is 5.41 Å². The highest BCUT2D eigenvalue weighted by atomic mass is 15.1. The Morgan fingerprint density at radius 3 is 1.69 bits per heavy atom. The lowest BCUT2D eigenvalue weighted by Gasteiger charge is -2.28. The van der Waals surface area contributed by atoms with Crippen LogP contribution in [-0.4, -0.2) is 4.57 Å². The van der Waals surface area contributed by atoms with E-state index in [0.717, 1.165) is 17.1 Å². The fourth-order valence-corrected chi connectivity index (χ4v) is 8.39. The van der Waals surface area contributed by atoms with Crippen molar-refractivity contribution in [1.82, 2.24) is 4.57 Å². The Morgan fingerprint density at radius 2 is 0.961 bits per heavy atom. The maximum atomic E-state index is 2.42. The molecule has 1 aliphatic rings. The molecule has 242 valence electrons. The number of fused-ring (bicyclic) bond motifs is 7. The van der Waals surface area contributed by atoms with Crippen LogP contribution in [0.2, 0.25) is 0 Å². The Labute approximate surface area is 298 Å². The van der Waals surface area contributed by atoms with Crippen molar-refractivity contribution in [3.63, 3.8) is 0 Å². The van der Waals surface area contributed by atoms with E-state index in [1.165, 1.54) is 71.6 Å². The standard InChI is InChI=1S/C49H36N2/c1-49(2)45-31-39(50(37-14-4-3-5-15-37)38-24-22-34(23-25-38)36-21-20-33-12-6-7-13-35(33)30-36)26-28-41(45)42-29-27-40(32-46(42)49)51-47-18-10-8-16-43(47)44-17-9-11-19-48(44)51/h3-32H,1-2H3. The highest BCUT2D eigenvalue weighted by molar-refractivity contribution is 6.09. The summed E-state index contributed by atoms with van der Waals surface area (Å²) in [6.07, 6.45) is 0. The van der Waals surface area contributed by atoms with Crippen molar-refractivity contribution in [2.24, 2.45) is 0 Å². The van der Waals surface area contributed by atoms with Crippen molar-refractivity contribution in [3.05, 3.63) is 193 Å². The largest absolute Gasteiger partial charge is 0.310 e. The van der Waals surface area contributed by atoms with E-state index < -0.39 is 0 Å². The molecule has 2 heteroatoms. The van der Waals surface area contributed by atoms with E-state index >= 15 is 0 Å². The molecule has 8 aromatic carbocycles. The highest BCUT2D eigenvalue weighted by Crippen LogP contribution is 2.51. The zero-order valence-electron chi connectivity index (χ0n) is 28.7. The van der Waals surface area contributed by atoms with Gasteiger partial charge in [-0.05, 0) is 111 Å². The first-order chi connectivity index (χ1) is 25.0. The first-order valence-corrected chi connectivity index (χ1v) is 17.8. The number of rotatable bonds is 5. The number of para-hydroxylation sites is 3. The summed E-state index contributed by atoms with van der Waals surface area (Å²) in [5.41, 5.74) is 14.7. The van der Waals surface area contributed by atoms with Crippen molar-refractivity contribution in [3.8, 4) is 27.9 Å². The van der Waals surface area contributed by atoms with Gasteiger partial charge < -0.3 is 9.47 Å². The number of anilines is 3. The second-order valence-corrected chi connectivity index (χ2v) is 14.2. The van der Waals surface area contributed by atoms with Crippen LogP contribution in [0.5, 0.6) is 0 Å². The molecule has 0 saturated carbocycles. The quantitative estimate of drug-likeness (QED) is 0.180. The third-order valence-electron chi connectivity index (χ3n) is 11.0. The molecule has 0 saturated heterocycles. The van der Waals surface area contributed by atoms with Crippen LogP contribution in [0.1, 0.15) is 25.0 Å². The van der Waals surface area contributed by atoms with Crippen molar-refractivity contribution in [2.75, 3.05) is 4.90 Å². The van der Waals surface area contributed by atoms with Gasteiger partial charge in [0.2, 0.25) is 0 Å². The molecule has 0 unspecified atom stereocenters. The first kappa shape index (κ1) is 29.5. The summed E-state index contributed by atoms with van der Waals surface area (Å²) in [6, 6.07) is 66.6. The molecule has 51 heavy (non-hydrogen) atoms. The zero-order chi connectivity index (χ0) is 34.1. The predicted octanol–water partition coefficient (Wildman–Crippen LogP) is 13.4. The lowest BCUT2D eigenvalue weighted by molar-refractivity contribution is 0.660. The molecule has 0 spiro atoms. The second-order valence-electron chi connectivity index (χ2n) is 14.2. The molecule has 1 heterocycles. The van der Waals surface area contributed by atoms with Crippen molar-refractivity contribution >= 4 is 49.6 Å². The Balaban J connectivity index is 1.06. The maximum Gasteiger partial charge on any atom is 0.0541 e. The fourth-order valence-electron chi connectivity index (χ4n) is 8.39. The monoisotopic (exact) mass is 652 g/mol. The molecule has 10 rings (SSSR count). The van der Waals surface area contributed by atoms with Crippen molar-refractivity contribution in [1.29, 1.82) is 0 Å². The molecule has 0 radical (unpaired) electrons. The lowest BCUT2D eigenvalue weighted by atomic mass is 9.82. The molecule has 9 aromatic rings. The molecule has 1 aliphatic carbocycles. The minimum absolute atomic E-state index is 0.183. The average molecular weight is 653 g/mol. The Hall–Kier alpha value is -6.38. The van der Waals surface area contributed by atoms with E-state index in [4.69, 9.17) is 0 Å². The maximum absolute atomic E-state index is 2.42. The topological polar surface area (TPSA) is 8.17 Å². The third kappa shape index (κ3) is 4.64. The van der Waals surface area contributed by atoms with E-state index in [1.54, 1.807) is 0 Å². The number of nitrogens with zero attached hydrogens (tertiary/aromatic N) is 2. The summed E-state index contributed by atoms with van der Waals surface area (Å²) in [6.45, 7) is 4.75. The predicted molar refractivity (Wildman–Crippen MR) is 216 cm³/mol. The number of aromatic nitrogens is 1. The molecule has 0 atom stereocenters. The SMILES string of the molecule is CC1(C)c2cc(N(c3ccccc3)c3ccc(-c4ccc5ccccc5c4)cc3)ccc2-c2ccc(-n3c4ccccc4c4ccccc43)cc21. The molecule has 0 amide bonds. The van der Waals surface area contributed by atoms with Crippen LogP contribution in [0, 0.1) is 0 Å². The smallest absolute Gasteiger partial charge is 0.0541 e. The van der Waals surface area contributed by atoms with Crippen LogP contribution in [-0.2, 0) is 5.41 Å². The minimum Gasteiger partial charge on any atom is -0.310 e. The Morgan fingerprint density at radius 1 is 0.412 bits per heavy atom. The van der Waals surface area contributed by atoms with Crippen LogP contribution in [0.25, 0.3) is 60.5 Å². The Bertz CT molecular complexity index is 2720. The normalized spacial score (nSPS) is 13.1. The Kier molecular flexibility index (Phi) is 6.56. The zero-order valence-corrected chi connectivity index (χ0v) is 28.7. The fraction of sp³-hybridized carbons (Fsp3) is 0.0612. The van der Waals surface area contributed by atoms with Gasteiger partial charge in [0.1, 0.15) is 0 Å². The van der Waals surface area contributed by atoms with E-state index in [9.17, 15) is 0 Å². The van der Waals surface area contributed by atoms with Gasteiger partial charge in [0.25, 0.3) is 0 Å². The van der Waals surface area contributed by atoms with Crippen molar-refractivity contribution in [2.45, 2.75) is 19.3 Å². The van der Waals surface area contributed by atoms with Crippen LogP contribution in [0.15, 0.2) is 182 Å². The van der Waals surface area contributed by atoms with Gasteiger partial charge in [0.15, 0.2) is 0 Å². The molecule has 0 N–H and O–H groups in total. The summed E-state index contributed by atoms with van der Waals surface area (Å²) in [7, 11) is 0. The summed E-state index contributed by atoms with van der Waals surface area (Å²) in [5, 5.41) is 5.09. The molecule has 0 aliphatic heterocycles. The number of benzene rings is 8. The first-order valence-electron chi connectivity index (χ1n) is 17.8. The van der Waals surface area contributed by atoms with Gasteiger partial charge in [-0.2, -0.15) is 0 Å². The van der Waals surface area contributed by atoms with Crippen LogP contribution >= 0.6 is 0 Å². The van der Waals surface area contributed by atoms with E-state index in [0.29, 0.717) is 0 Å². The lowest BCUT2D eigenvalue weighted by Crippen LogP contribution is -2.17. The van der Waals surface area contributed by atoms with Crippen LogP contribution in [0.4, 0.5) is 17.1 Å². The second kappa shape index (κ2) is 11.3. The third-order valence-corrected chi connectivity index (χ3v) is 11.0. The minimum atomic E-state index is -0.183. The van der Waals surface area contributed by atoms with Gasteiger partial charge >= 0.3 is 0 Å². The summed E-state index contributed by atoms with van der Waals surface area (Å²) in [4.78, 5) is 2.38. The summed E-state index contributed by atoms with van der Waals surface area (Å²) < 4.78 is 2.42. The van der Waals surface area contributed by atoms with Crippen LogP contribution in [0.3, 0.4) is 0 Å². The number of hydrogen-bond donors (Lipinski definition) is 0. The molecule has 1 aromatic heterocycles.